The van der Waals surface area contributed by atoms with Gasteiger partial charge in [0.05, 0.1) is 11.3 Å². The molecule has 1 aliphatic heterocycles. The van der Waals surface area contributed by atoms with Gasteiger partial charge in [-0.05, 0) is 44.0 Å². The number of likely N-dealkylation sites (tertiary alicyclic amines) is 1. The van der Waals surface area contributed by atoms with Gasteiger partial charge >= 0.3 is 6.18 Å². The van der Waals surface area contributed by atoms with E-state index >= 15 is 0 Å². The highest BCUT2D eigenvalue weighted by Crippen LogP contribution is 2.29. The maximum Gasteiger partial charge on any atom is 0.416 e. The molecule has 0 aliphatic carbocycles. The summed E-state index contributed by atoms with van der Waals surface area (Å²) in [5.74, 6) is -0.657. The number of nitrogens with zero attached hydrogens (tertiary/aromatic N) is 2. The van der Waals surface area contributed by atoms with Crippen molar-refractivity contribution in [1.82, 2.24) is 9.88 Å². The lowest BCUT2D eigenvalue weighted by Crippen LogP contribution is -2.41. The molecule has 2 aromatic rings. The molecule has 0 unspecified atom stereocenters. The Bertz CT molecular complexity index is 825. The van der Waals surface area contributed by atoms with Crippen molar-refractivity contribution >= 4 is 28.3 Å². The first-order chi connectivity index (χ1) is 12.7. The van der Waals surface area contributed by atoms with Gasteiger partial charge in [-0.25, -0.2) is 4.98 Å². The van der Waals surface area contributed by atoms with Crippen LogP contribution < -0.4 is 5.32 Å². The van der Waals surface area contributed by atoms with Gasteiger partial charge in [0.2, 0.25) is 5.91 Å². The molecule has 27 heavy (non-hydrogen) atoms. The highest BCUT2D eigenvalue weighted by atomic mass is 32.1. The van der Waals surface area contributed by atoms with E-state index in [9.17, 15) is 22.8 Å². The van der Waals surface area contributed by atoms with Crippen LogP contribution in [0.5, 0.6) is 0 Å². The van der Waals surface area contributed by atoms with Crippen LogP contribution in [-0.2, 0) is 11.0 Å². The third kappa shape index (κ3) is 4.65. The van der Waals surface area contributed by atoms with Crippen molar-refractivity contribution in [3.05, 3.63) is 46.5 Å². The molecule has 0 saturated carbocycles. The molecule has 1 N–H and O–H groups in total. The van der Waals surface area contributed by atoms with Crippen molar-refractivity contribution in [2.75, 3.05) is 18.4 Å². The number of hydrogen-bond acceptors (Lipinski definition) is 4. The van der Waals surface area contributed by atoms with Gasteiger partial charge in [-0.15, -0.1) is 11.3 Å². The van der Waals surface area contributed by atoms with Gasteiger partial charge in [-0.2, -0.15) is 13.2 Å². The molecular weight excluding hydrogens is 379 g/mol. The van der Waals surface area contributed by atoms with Gasteiger partial charge in [0.1, 0.15) is 0 Å². The molecule has 2 amide bonds. The molecule has 0 bridgehead atoms. The summed E-state index contributed by atoms with van der Waals surface area (Å²) in [6.45, 7) is 2.61. The van der Waals surface area contributed by atoms with Crippen LogP contribution in [0.25, 0.3) is 0 Å². The number of amides is 2. The van der Waals surface area contributed by atoms with Gasteiger partial charge in [0.25, 0.3) is 5.91 Å². The molecule has 1 aliphatic rings. The molecule has 5 nitrogen and oxygen atoms in total. The molecule has 9 heteroatoms. The number of thiazole rings is 1. The van der Waals surface area contributed by atoms with Crippen molar-refractivity contribution in [1.29, 1.82) is 0 Å². The Kier molecular flexibility index (Phi) is 5.50. The highest BCUT2D eigenvalue weighted by molar-refractivity contribution is 7.13. The first-order valence-corrected chi connectivity index (χ1v) is 9.31. The highest BCUT2D eigenvalue weighted by Gasteiger charge is 2.31. The second-order valence-electron chi connectivity index (χ2n) is 6.42. The number of carbonyl (C=O) groups excluding carboxylic acids is 2. The van der Waals surface area contributed by atoms with Crippen molar-refractivity contribution in [2.24, 2.45) is 5.92 Å². The number of anilines is 1. The zero-order chi connectivity index (χ0) is 19.6. The molecule has 0 radical (unpaired) electrons. The maximum atomic E-state index is 12.6. The van der Waals surface area contributed by atoms with E-state index in [2.05, 4.69) is 10.3 Å². The number of aromatic nitrogens is 1. The summed E-state index contributed by atoms with van der Waals surface area (Å²) in [6, 6.07) is 4.19. The lowest BCUT2D eigenvalue weighted by Gasteiger charge is -2.31. The van der Waals surface area contributed by atoms with Gasteiger partial charge in [0, 0.05) is 30.0 Å². The van der Waals surface area contributed by atoms with E-state index in [4.69, 9.17) is 0 Å². The Hall–Kier alpha value is -2.42. The van der Waals surface area contributed by atoms with Crippen LogP contribution in [0, 0.1) is 12.8 Å². The number of nitrogens with one attached hydrogen (secondary N) is 1. The zero-order valence-corrected chi connectivity index (χ0v) is 15.4. The van der Waals surface area contributed by atoms with Crippen LogP contribution in [0.4, 0.5) is 18.3 Å². The summed E-state index contributed by atoms with van der Waals surface area (Å²) in [7, 11) is 0. The van der Waals surface area contributed by atoms with E-state index in [1.165, 1.54) is 23.5 Å². The fourth-order valence-corrected chi connectivity index (χ4v) is 3.64. The Labute approximate surface area is 158 Å². The molecular formula is C18H18F3N3O2S. The normalized spacial score (nSPS) is 15.6. The number of carbonyl (C=O) groups is 2. The third-order valence-electron chi connectivity index (χ3n) is 4.46. The fraction of sp³-hybridized carbons (Fsp3) is 0.389. The van der Waals surface area contributed by atoms with Crippen LogP contribution in [0.2, 0.25) is 0 Å². The van der Waals surface area contributed by atoms with Crippen LogP contribution in [0.3, 0.4) is 0 Å². The van der Waals surface area contributed by atoms with Crippen molar-refractivity contribution < 1.29 is 22.8 Å². The second kappa shape index (κ2) is 7.67. The predicted octanol–water partition coefficient (Wildman–Crippen LogP) is 3.96. The number of hydrogen-bond donors (Lipinski definition) is 1. The standard InChI is InChI=1S/C18H18F3N3O2S/c1-11-10-27-17(22-11)23-15(25)12-6-8-24(9-7-12)16(26)13-2-4-14(5-3-13)18(19,20)21/h2-5,10,12H,6-9H2,1H3,(H,22,23,25). The summed E-state index contributed by atoms with van der Waals surface area (Å²) in [6.07, 6.45) is -3.42. The summed E-state index contributed by atoms with van der Waals surface area (Å²) < 4.78 is 37.8. The van der Waals surface area contributed by atoms with Crippen molar-refractivity contribution in [3.8, 4) is 0 Å². The van der Waals surface area contributed by atoms with Crippen LogP contribution in [0.1, 0.15) is 34.5 Å². The van der Waals surface area contributed by atoms with Crippen LogP contribution >= 0.6 is 11.3 Å². The van der Waals surface area contributed by atoms with Gasteiger partial charge in [-0.1, -0.05) is 0 Å². The Morgan fingerprint density at radius 2 is 1.81 bits per heavy atom. The van der Waals surface area contributed by atoms with Gasteiger partial charge in [-0.3, -0.25) is 9.59 Å². The first kappa shape index (κ1) is 19.3. The molecule has 3 rings (SSSR count). The Morgan fingerprint density at radius 1 is 1.19 bits per heavy atom. The zero-order valence-electron chi connectivity index (χ0n) is 14.5. The fourth-order valence-electron chi connectivity index (χ4n) is 2.95. The minimum atomic E-state index is -4.43. The molecule has 2 heterocycles. The molecule has 1 saturated heterocycles. The smallest absolute Gasteiger partial charge is 0.339 e. The molecule has 0 spiro atoms. The van der Waals surface area contributed by atoms with E-state index in [1.807, 2.05) is 12.3 Å². The molecule has 1 aromatic heterocycles. The average molecular weight is 397 g/mol. The summed E-state index contributed by atoms with van der Waals surface area (Å²) >= 11 is 1.36. The number of rotatable bonds is 3. The SMILES string of the molecule is Cc1csc(NC(=O)C2CCN(C(=O)c3ccc(C(F)(F)F)cc3)CC2)n1. The van der Waals surface area contributed by atoms with E-state index in [0.29, 0.717) is 31.1 Å². The van der Waals surface area contributed by atoms with E-state index in [-0.39, 0.29) is 23.3 Å². The van der Waals surface area contributed by atoms with Crippen LogP contribution in [-0.4, -0.2) is 34.8 Å². The third-order valence-corrected chi connectivity index (χ3v) is 5.34. The number of piperidine rings is 1. The molecule has 0 atom stereocenters. The topological polar surface area (TPSA) is 62.3 Å². The van der Waals surface area contributed by atoms with Gasteiger partial charge < -0.3 is 10.2 Å². The number of halogens is 3. The lowest BCUT2D eigenvalue weighted by molar-refractivity contribution is -0.137. The number of alkyl halides is 3. The summed E-state index contributed by atoms with van der Waals surface area (Å²) in [4.78, 5) is 30.5. The largest absolute Gasteiger partial charge is 0.416 e. The monoisotopic (exact) mass is 397 g/mol. The molecule has 1 aromatic carbocycles. The predicted molar refractivity (Wildman–Crippen MR) is 95.6 cm³/mol. The molecule has 1 fully saturated rings. The lowest BCUT2D eigenvalue weighted by atomic mass is 9.95. The van der Waals surface area contributed by atoms with Gasteiger partial charge in [0.15, 0.2) is 5.13 Å². The molecule has 144 valence electrons. The first-order valence-electron chi connectivity index (χ1n) is 8.43. The van der Waals surface area contributed by atoms with Crippen LogP contribution in [0.15, 0.2) is 29.6 Å². The van der Waals surface area contributed by atoms with E-state index in [0.717, 1.165) is 17.8 Å². The second-order valence-corrected chi connectivity index (χ2v) is 7.28. The summed E-state index contributed by atoms with van der Waals surface area (Å²) in [5.41, 5.74) is 0.267. The van der Waals surface area contributed by atoms with Crippen molar-refractivity contribution in [3.63, 3.8) is 0 Å². The minimum absolute atomic E-state index is 0.119. The Morgan fingerprint density at radius 3 is 2.33 bits per heavy atom. The summed E-state index contributed by atoms with van der Waals surface area (Å²) in [5, 5.41) is 5.19. The number of aryl methyl sites for hydroxylation is 1. The quantitative estimate of drug-likeness (QED) is 0.853. The maximum absolute atomic E-state index is 12.6. The van der Waals surface area contributed by atoms with Crippen molar-refractivity contribution in [2.45, 2.75) is 25.9 Å². The van der Waals surface area contributed by atoms with E-state index < -0.39 is 11.7 Å². The van der Waals surface area contributed by atoms with E-state index in [1.54, 1.807) is 4.90 Å². The minimum Gasteiger partial charge on any atom is -0.339 e. The average Bonchev–Trinajstić information content (AvgIpc) is 3.05. The number of benzene rings is 1. The Balaban J connectivity index is 1.55.